The van der Waals surface area contributed by atoms with E-state index in [1.54, 1.807) is 45.3 Å². The molecule has 2 heterocycles. The smallest absolute Gasteiger partial charge is 0.417 e. The van der Waals surface area contributed by atoms with Crippen LogP contribution in [0.15, 0.2) is 48.8 Å². The van der Waals surface area contributed by atoms with Crippen LogP contribution in [0.5, 0.6) is 0 Å². The van der Waals surface area contributed by atoms with E-state index in [9.17, 15) is 19.2 Å². The molecule has 1 aliphatic heterocycles. The molecule has 1 N–H and O–H groups in total. The van der Waals surface area contributed by atoms with Crippen LogP contribution < -0.4 is 10.2 Å². The molecular formula is C32H42N4O5. The number of β-lactam (4-membered cyclic amide) rings is 1. The summed E-state index contributed by atoms with van der Waals surface area (Å²) in [6.07, 6.45) is 7.12. The van der Waals surface area contributed by atoms with E-state index in [4.69, 9.17) is 4.74 Å². The number of anilines is 1. The standard InChI is InChI=1S/C32H42N4O5/c1-31(2,3)22-14-16-24(17-15-22)35(29(39)25-19-26(37)36(25)30(40)41-32(4,5)6)27(21-11-10-18-33-20-21)28(38)34-23-12-8-7-9-13-23/h10-11,14-18,20,23,25,27H,7-9,12-13,19H2,1-6H3,(H,34,38). The molecule has 2 fully saturated rings. The van der Waals surface area contributed by atoms with Crippen LogP contribution in [0.2, 0.25) is 0 Å². The molecule has 1 aromatic heterocycles. The number of hydrogen-bond acceptors (Lipinski definition) is 6. The molecule has 0 radical (unpaired) electrons. The lowest BCUT2D eigenvalue weighted by Crippen LogP contribution is -2.64. The molecular weight excluding hydrogens is 520 g/mol. The number of benzene rings is 1. The van der Waals surface area contributed by atoms with Crippen LogP contribution in [0.4, 0.5) is 10.5 Å². The summed E-state index contributed by atoms with van der Waals surface area (Å²) in [4.78, 5) is 60.5. The molecule has 2 aromatic rings. The van der Waals surface area contributed by atoms with Gasteiger partial charge in [0.25, 0.3) is 5.91 Å². The van der Waals surface area contributed by atoms with Crippen molar-refractivity contribution in [3.05, 3.63) is 59.9 Å². The molecule has 2 unspecified atom stereocenters. The van der Waals surface area contributed by atoms with Gasteiger partial charge in [0.05, 0.1) is 6.42 Å². The van der Waals surface area contributed by atoms with Crippen molar-refractivity contribution in [3.63, 3.8) is 0 Å². The Balaban J connectivity index is 1.76. The van der Waals surface area contributed by atoms with Crippen molar-refractivity contribution in [1.82, 2.24) is 15.2 Å². The number of carbonyl (C=O) groups is 4. The topological polar surface area (TPSA) is 109 Å². The molecule has 1 saturated heterocycles. The van der Waals surface area contributed by atoms with E-state index in [2.05, 4.69) is 31.1 Å². The first kappa shape index (κ1) is 30.2. The molecule has 41 heavy (non-hydrogen) atoms. The number of likely N-dealkylation sites (tertiary alicyclic amines) is 1. The van der Waals surface area contributed by atoms with Gasteiger partial charge in [-0.05, 0) is 62.8 Å². The van der Waals surface area contributed by atoms with Gasteiger partial charge in [-0.3, -0.25) is 24.3 Å². The molecule has 4 amide bonds. The Morgan fingerprint density at radius 2 is 1.66 bits per heavy atom. The Morgan fingerprint density at radius 3 is 2.20 bits per heavy atom. The summed E-state index contributed by atoms with van der Waals surface area (Å²) < 4.78 is 5.43. The number of aromatic nitrogens is 1. The van der Waals surface area contributed by atoms with Crippen LogP contribution in [0.3, 0.4) is 0 Å². The van der Waals surface area contributed by atoms with Gasteiger partial charge in [-0.1, -0.05) is 58.2 Å². The van der Waals surface area contributed by atoms with Crippen molar-refractivity contribution >= 4 is 29.5 Å². The predicted octanol–water partition coefficient (Wildman–Crippen LogP) is 5.44. The number of rotatable bonds is 6. The van der Waals surface area contributed by atoms with Gasteiger partial charge in [-0.25, -0.2) is 9.69 Å². The Morgan fingerprint density at radius 1 is 1.00 bits per heavy atom. The minimum Gasteiger partial charge on any atom is -0.443 e. The van der Waals surface area contributed by atoms with Crippen molar-refractivity contribution in [2.45, 2.75) is 109 Å². The molecule has 1 aromatic carbocycles. The molecule has 0 spiro atoms. The fraction of sp³-hybridized carbons (Fsp3) is 0.531. The lowest BCUT2D eigenvalue weighted by atomic mass is 9.87. The highest BCUT2D eigenvalue weighted by Crippen LogP contribution is 2.35. The second kappa shape index (κ2) is 12.0. The summed E-state index contributed by atoms with van der Waals surface area (Å²) in [6.45, 7) is 11.4. The molecule has 1 aliphatic carbocycles. The molecule has 9 nitrogen and oxygen atoms in total. The maximum atomic E-state index is 14.4. The third kappa shape index (κ3) is 7.13. The van der Waals surface area contributed by atoms with E-state index in [1.807, 2.05) is 24.3 Å². The van der Waals surface area contributed by atoms with Crippen molar-refractivity contribution in [1.29, 1.82) is 0 Å². The minimum atomic E-state index is -1.10. The first-order valence-electron chi connectivity index (χ1n) is 14.5. The van der Waals surface area contributed by atoms with Crippen LogP contribution in [-0.4, -0.2) is 51.4 Å². The Labute approximate surface area is 242 Å². The van der Waals surface area contributed by atoms with E-state index in [1.165, 1.54) is 4.90 Å². The first-order chi connectivity index (χ1) is 19.3. The number of ether oxygens (including phenoxy) is 1. The number of nitrogens with zero attached hydrogens (tertiary/aromatic N) is 3. The molecule has 220 valence electrons. The number of nitrogens with one attached hydrogen (secondary N) is 1. The van der Waals surface area contributed by atoms with E-state index in [0.29, 0.717) is 11.3 Å². The van der Waals surface area contributed by atoms with Gasteiger partial charge in [0.15, 0.2) is 0 Å². The highest BCUT2D eigenvalue weighted by atomic mass is 16.6. The number of imide groups is 1. The molecule has 4 rings (SSSR count). The average Bonchev–Trinajstić information content (AvgIpc) is 2.89. The summed E-state index contributed by atoms with van der Waals surface area (Å²) >= 11 is 0. The average molecular weight is 563 g/mol. The molecule has 2 atom stereocenters. The molecule has 1 saturated carbocycles. The van der Waals surface area contributed by atoms with Gasteiger partial charge >= 0.3 is 6.09 Å². The first-order valence-corrected chi connectivity index (χ1v) is 14.5. The van der Waals surface area contributed by atoms with Gasteiger partial charge in [0.1, 0.15) is 17.7 Å². The summed E-state index contributed by atoms with van der Waals surface area (Å²) in [5.74, 6) is -1.36. The molecule has 2 aliphatic rings. The zero-order valence-corrected chi connectivity index (χ0v) is 25.0. The fourth-order valence-electron chi connectivity index (χ4n) is 5.32. The molecule has 0 bridgehead atoms. The molecule has 9 heteroatoms. The number of pyridine rings is 1. The minimum absolute atomic E-state index is 0.0131. The van der Waals surface area contributed by atoms with Crippen LogP contribution >= 0.6 is 0 Å². The Bertz CT molecular complexity index is 1260. The van der Waals surface area contributed by atoms with E-state index >= 15 is 0 Å². The summed E-state index contributed by atoms with van der Waals surface area (Å²) in [5, 5.41) is 3.17. The van der Waals surface area contributed by atoms with Gasteiger partial charge in [0, 0.05) is 29.7 Å². The quantitative estimate of drug-likeness (QED) is 0.470. The van der Waals surface area contributed by atoms with Gasteiger partial charge in [-0.2, -0.15) is 0 Å². The van der Waals surface area contributed by atoms with E-state index in [0.717, 1.165) is 42.6 Å². The SMILES string of the molecule is CC(C)(C)OC(=O)N1C(=O)CC1C(=O)N(c1ccc(C(C)(C)C)cc1)C(C(=O)NC1CCCCC1)c1cccnc1. The monoisotopic (exact) mass is 562 g/mol. The third-order valence-corrected chi connectivity index (χ3v) is 7.53. The van der Waals surface area contributed by atoms with Crippen LogP contribution in [0.25, 0.3) is 0 Å². The number of amides is 4. The Kier molecular flexibility index (Phi) is 8.85. The zero-order chi connectivity index (χ0) is 29.9. The maximum Gasteiger partial charge on any atom is 0.417 e. The summed E-state index contributed by atoms with van der Waals surface area (Å²) in [5.41, 5.74) is 1.11. The van der Waals surface area contributed by atoms with Crippen LogP contribution in [0, 0.1) is 0 Å². The Hall–Kier alpha value is -3.75. The van der Waals surface area contributed by atoms with Gasteiger partial charge in [0.2, 0.25) is 11.8 Å². The number of hydrogen-bond donors (Lipinski definition) is 1. The maximum absolute atomic E-state index is 14.4. The highest BCUT2D eigenvalue weighted by Gasteiger charge is 2.50. The van der Waals surface area contributed by atoms with E-state index < -0.39 is 35.6 Å². The normalized spacial score (nSPS) is 18.7. The van der Waals surface area contributed by atoms with Crippen LogP contribution in [-0.2, 0) is 24.5 Å². The van der Waals surface area contributed by atoms with E-state index in [-0.39, 0.29) is 23.8 Å². The van der Waals surface area contributed by atoms with Crippen molar-refractivity contribution in [2.24, 2.45) is 0 Å². The van der Waals surface area contributed by atoms with Gasteiger partial charge < -0.3 is 10.1 Å². The van der Waals surface area contributed by atoms with Crippen molar-refractivity contribution < 1.29 is 23.9 Å². The van der Waals surface area contributed by atoms with Gasteiger partial charge in [-0.15, -0.1) is 0 Å². The van der Waals surface area contributed by atoms with Crippen molar-refractivity contribution in [2.75, 3.05) is 4.90 Å². The lowest BCUT2D eigenvalue weighted by molar-refractivity contribution is -0.151. The largest absolute Gasteiger partial charge is 0.443 e. The highest BCUT2D eigenvalue weighted by molar-refractivity contribution is 6.12. The van der Waals surface area contributed by atoms with Crippen molar-refractivity contribution in [3.8, 4) is 0 Å². The zero-order valence-electron chi connectivity index (χ0n) is 25.0. The second-order valence-electron chi connectivity index (χ2n) is 13.0. The fourth-order valence-corrected chi connectivity index (χ4v) is 5.32. The lowest BCUT2D eigenvalue weighted by Gasteiger charge is -2.42. The second-order valence-corrected chi connectivity index (χ2v) is 13.0. The predicted molar refractivity (Wildman–Crippen MR) is 156 cm³/mol. The summed E-state index contributed by atoms with van der Waals surface area (Å²) in [6, 6.07) is 8.84. The number of carbonyl (C=O) groups excluding carboxylic acids is 4. The third-order valence-electron chi connectivity index (χ3n) is 7.53. The van der Waals surface area contributed by atoms with Crippen LogP contribution in [0.1, 0.15) is 97.2 Å². The summed E-state index contributed by atoms with van der Waals surface area (Å²) in [7, 11) is 0.